The molecule has 0 bridgehead atoms. The number of fused-ring (bicyclic) bond motifs is 1. The summed E-state index contributed by atoms with van der Waals surface area (Å²) in [5, 5.41) is 3.05. The first kappa shape index (κ1) is 8.72. The summed E-state index contributed by atoms with van der Waals surface area (Å²) in [4.78, 5) is 0. The molecule has 5 heteroatoms. The van der Waals surface area contributed by atoms with Gasteiger partial charge in [-0.15, -0.1) is 0 Å². The van der Waals surface area contributed by atoms with Crippen LogP contribution in [-0.2, 0) is 0 Å². The zero-order chi connectivity index (χ0) is 23.4. The number of hydrogen-bond donors (Lipinski definition) is 1. The maximum absolute atomic E-state index is 14.0. The molecule has 1 N–H and O–H groups in total. The van der Waals surface area contributed by atoms with E-state index in [1.165, 1.54) is 18.2 Å². The highest BCUT2D eigenvalue weighted by Crippen LogP contribution is 2.36. The third-order valence-electron chi connectivity index (χ3n) is 4.01. The lowest BCUT2D eigenvalue weighted by atomic mass is 9.81. The average Bonchev–Trinajstić information content (AvgIpc) is 3.04. The molecule has 2 atom stereocenters. The van der Waals surface area contributed by atoms with Crippen LogP contribution in [0.5, 0.6) is 17.2 Å². The summed E-state index contributed by atoms with van der Waals surface area (Å²) in [6.07, 6.45) is 0.303. The zero-order valence-corrected chi connectivity index (χ0v) is 12.6. The fourth-order valence-corrected chi connectivity index (χ4v) is 2.79. The van der Waals surface area contributed by atoms with Gasteiger partial charge in [0.15, 0.2) is 11.5 Å². The Hall–Kier alpha value is -2.27. The van der Waals surface area contributed by atoms with Gasteiger partial charge in [0.25, 0.3) is 0 Å². The second kappa shape index (κ2) is 6.69. The smallest absolute Gasteiger partial charge is 0.231 e. The van der Waals surface area contributed by atoms with Crippen LogP contribution in [0.25, 0.3) is 0 Å². The minimum absolute atomic E-state index is 0.0424. The number of piperidine rings is 1. The molecule has 0 aromatic heterocycles. The lowest BCUT2D eigenvalue weighted by Crippen LogP contribution is -2.38. The Morgan fingerprint density at radius 1 is 1.29 bits per heavy atom. The molecule has 24 heavy (non-hydrogen) atoms. The van der Waals surface area contributed by atoms with Crippen LogP contribution in [-0.4, -0.2) is 26.4 Å². The Bertz CT molecular complexity index is 1040. The van der Waals surface area contributed by atoms with Crippen LogP contribution in [0.1, 0.15) is 28.9 Å². The first-order valence-corrected chi connectivity index (χ1v) is 7.59. The van der Waals surface area contributed by atoms with Crippen molar-refractivity contribution in [1.82, 2.24) is 5.32 Å². The van der Waals surface area contributed by atoms with E-state index >= 15 is 0 Å². The molecule has 0 saturated carbocycles. The van der Waals surface area contributed by atoms with E-state index < -0.39 is 55.1 Å². The standard InChI is InChI=1S/C19H20FNO3/c20-15-3-1-13(2-4-15)17-7-8-21-10-14(17)11-22-16-5-6-18-19(9-16)24-12-23-18/h1-6,9,14,17,21H,7-8,10-12H2/t14-,17?/m0/s1/i1D,2D,3D,4D,11D2,12D2. The van der Waals surface area contributed by atoms with Gasteiger partial charge in [-0.3, -0.25) is 0 Å². The summed E-state index contributed by atoms with van der Waals surface area (Å²) >= 11 is 0. The summed E-state index contributed by atoms with van der Waals surface area (Å²) in [6, 6.07) is 1.47. The van der Waals surface area contributed by atoms with Crippen molar-refractivity contribution < 1.29 is 29.6 Å². The van der Waals surface area contributed by atoms with Gasteiger partial charge >= 0.3 is 0 Å². The molecular formula is C19H20FNO3. The molecular weight excluding hydrogens is 309 g/mol. The SMILES string of the molecule is [2H]c1c([2H])c(C2CCNC[C@H]2C([2H])([2H])Oc2ccc3c(c2)OC([2H])([2H])O3)c([2H])c([2H])c1F. The number of hydrogen-bond acceptors (Lipinski definition) is 4. The molecule has 2 aliphatic heterocycles. The summed E-state index contributed by atoms with van der Waals surface area (Å²) < 4.78 is 93.6. The van der Waals surface area contributed by atoms with Crippen LogP contribution in [0.3, 0.4) is 0 Å². The highest BCUT2D eigenvalue weighted by molar-refractivity contribution is 5.46. The van der Waals surface area contributed by atoms with E-state index in [0.29, 0.717) is 13.0 Å². The predicted molar refractivity (Wildman–Crippen MR) is 88.2 cm³/mol. The number of ether oxygens (including phenoxy) is 3. The molecule has 2 aliphatic rings. The molecule has 1 saturated heterocycles. The fourth-order valence-electron chi connectivity index (χ4n) is 2.79. The van der Waals surface area contributed by atoms with Gasteiger partial charge in [-0.05, 0) is 48.7 Å². The zero-order valence-electron chi connectivity index (χ0n) is 20.6. The Morgan fingerprint density at radius 3 is 3.00 bits per heavy atom. The summed E-state index contributed by atoms with van der Waals surface area (Å²) in [5.74, 6) is -2.67. The minimum Gasteiger partial charge on any atom is -0.493 e. The highest BCUT2D eigenvalue weighted by Gasteiger charge is 2.27. The van der Waals surface area contributed by atoms with Crippen molar-refractivity contribution in [1.29, 1.82) is 0 Å². The molecule has 4 nitrogen and oxygen atoms in total. The topological polar surface area (TPSA) is 39.7 Å². The average molecular weight is 337 g/mol. The Labute approximate surface area is 151 Å². The molecule has 2 aromatic rings. The van der Waals surface area contributed by atoms with Crippen LogP contribution in [0.4, 0.5) is 4.39 Å². The van der Waals surface area contributed by atoms with E-state index in [1.807, 2.05) is 0 Å². The second-order valence-electron chi connectivity index (χ2n) is 5.55. The largest absolute Gasteiger partial charge is 0.493 e. The van der Waals surface area contributed by atoms with Crippen molar-refractivity contribution in [3.63, 3.8) is 0 Å². The molecule has 0 spiro atoms. The summed E-state index contributed by atoms with van der Waals surface area (Å²) in [5.41, 5.74) is -0.0424. The van der Waals surface area contributed by atoms with Crippen LogP contribution >= 0.6 is 0 Å². The molecule has 1 unspecified atom stereocenters. The van der Waals surface area contributed by atoms with Gasteiger partial charge < -0.3 is 19.5 Å². The first-order chi connectivity index (χ1) is 14.9. The molecule has 2 heterocycles. The fraction of sp³-hybridized carbons (Fsp3) is 0.368. The van der Waals surface area contributed by atoms with Gasteiger partial charge in [0.05, 0.1) is 14.8 Å². The molecule has 0 amide bonds. The van der Waals surface area contributed by atoms with Gasteiger partial charge in [-0.25, -0.2) is 4.39 Å². The Morgan fingerprint density at radius 2 is 2.12 bits per heavy atom. The number of nitrogens with one attached hydrogen (secondary N) is 1. The van der Waals surface area contributed by atoms with E-state index in [4.69, 9.17) is 25.2 Å². The third-order valence-corrected chi connectivity index (χ3v) is 4.01. The molecule has 0 radical (unpaired) electrons. The van der Waals surface area contributed by atoms with Gasteiger partial charge in [-0.1, -0.05) is 12.1 Å². The van der Waals surface area contributed by atoms with Crippen molar-refractivity contribution in [2.45, 2.75) is 12.3 Å². The summed E-state index contributed by atoms with van der Waals surface area (Å²) in [7, 11) is 0. The van der Waals surface area contributed by atoms with Crippen molar-refractivity contribution in [3.8, 4) is 17.2 Å². The normalized spacial score (nSPS) is 29.9. The monoisotopic (exact) mass is 337 g/mol. The van der Waals surface area contributed by atoms with Gasteiger partial charge in [-0.2, -0.15) is 0 Å². The van der Waals surface area contributed by atoms with Crippen LogP contribution in [0, 0.1) is 11.7 Å². The molecule has 1 fully saturated rings. The Balaban J connectivity index is 1.66. The minimum atomic E-state index is -2.34. The van der Waals surface area contributed by atoms with E-state index in [0.717, 1.165) is 0 Å². The third kappa shape index (κ3) is 3.17. The van der Waals surface area contributed by atoms with E-state index in [9.17, 15) is 4.39 Å². The van der Waals surface area contributed by atoms with Gasteiger partial charge in [0.2, 0.25) is 6.75 Å². The van der Waals surface area contributed by atoms with Gasteiger partial charge in [0.1, 0.15) is 14.3 Å². The van der Waals surface area contributed by atoms with Crippen LogP contribution in [0.15, 0.2) is 42.4 Å². The first-order valence-electron chi connectivity index (χ1n) is 11.6. The quantitative estimate of drug-likeness (QED) is 0.929. The molecule has 2 aromatic carbocycles. The second-order valence-corrected chi connectivity index (χ2v) is 5.55. The van der Waals surface area contributed by atoms with Crippen molar-refractivity contribution in [2.24, 2.45) is 5.92 Å². The van der Waals surface area contributed by atoms with Crippen molar-refractivity contribution in [3.05, 3.63) is 53.7 Å². The number of rotatable bonds is 4. The maximum atomic E-state index is 14.0. The summed E-state index contributed by atoms with van der Waals surface area (Å²) in [6.45, 7) is -4.09. The highest BCUT2D eigenvalue weighted by atomic mass is 19.1. The van der Waals surface area contributed by atoms with E-state index in [-0.39, 0.29) is 29.4 Å². The predicted octanol–water partition coefficient (Wildman–Crippen LogP) is 3.33. The number of halogens is 1. The molecule has 4 rings (SSSR count). The maximum Gasteiger partial charge on any atom is 0.231 e. The van der Waals surface area contributed by atoms with E-state index in [2.05, 4.69) is 5.32 Å². The lowest BCUT2D eigenvalue weighted by molar-refractivity contribution is 0.173. The van der Waals surface area contributed by atoms with Crippen LogP contribution < -0.4 is 19.5 Å². The van der Waals surface area contributed by atoms with Crippen molar-refractivity contribution >= 4 is 0 Å². The Kier molecular flexibility index (Phi) is 2.43. The number of benzene rings is 2. The van der Waals surface area contributed by atoms with Gasteiger partial charge in [0, 0.05) is 18.5 Å². The van der Waals surface area contributed by atoms with Crippen molar-refractivity contribution in [2.75, 3.05) is 26.4 Å². The van der Waals surface area contributed by atoms with Crippen LogP contribution in [0.2, 0.25) is 0 Å². The molecule has 126 valence electrons. The van der Waals surface area contributed by atoms with E-state index in [1.54, 1.807) is 0 Å². The molecule has 0 aliphatic carbocycles. The lowest BCUT2D eigenvalue weighted by Gasteiger charge is -2.32.